The zero-order valence-corrected chi connectivity index (χ0v) is 18.3. The molecule has 0 aliphatic rings. The summed E-state index contributed by atoms with van der Waals surface area (Å²) in [4.78, 5) is 70.7. The smallest absolute Gasteiger partial charge is 0.326 e. The van der Waals surface area contributed by atoms with Crippen LogP contribution in [0.3, 0.4) is 0 Å². The molecule has 12 N–H and O–H groups in total. The van der Waals surface area contributed by atoms with Gasteiger partial charge in [0.2, 0.25) is 29.5 Å². The Balaban J connectivity index is 5.53. The highest BCUT2D eigenvalue weighted by atomic mass is 16.4. The minimum atomic E-state index is -1.60. The van der Waals surface area contributed by atoms with E-state index in [1.807, 2.05) is 0 Å². The fourth-order valence-electron chi connectivity index (χ4n) is 2.51. The first-order valence-corrected chi connectivity index (χ1v) is 9.99. The van der Waals surface area contributed by atoms with E-state index in [0.29, 0.717) is 0 Å². The fraction of sp³-hybridized carbons (Fsp3) is 0.667. The molecule has 15 heteroatoms. The second-order valence-corrected chi connectivity index (χ2v) is 7.46. The van der Waals surface area contributed by atoms with E-state index in [9.17, 15) is 44.1 Å². The maximum Gasteiger partial charge on any atom is 0.326 e. The third kappa shape index (κ3) is 11.2. The van der Waals surface area contributed by atoms with Gasteiger partial charge in [-0.2, -0.15) is 0 Å². The van der Waals surface area contributed by atoms with Crippen molar-refractivity contribution < 1.29 is 44.1 Å². The number of primary amides is 2. The molecule has 188 valence electrons. The second-order valence-electron chi connectivity index (χ2n) is 7.46. The highest BCUT2D eigenvalue weighted by molar-refractivity contribution is 5.94. The molecule has 0 bridgehead atoms. The topological polar surface area (TPSA) is 277 Å². The van der Waals surface area contributed by atoms with Crippen LogP contribution in [0.4, 0.5) is 0 Å². The van der Waals surface area contributed by atoms with Crippen LogP contribution >= 0.6 is 0 Å². The lowest BCUT2D eigenvalue weighted by Gasteiger charge is -2.26. The van der Waals surface area contributed by atoms with E-state index in [2.05, 4.69) is 16.0 Å². The lowest BCUT2D eigenvalue weighted by Crippen LogP contribution is -2.60. The zero-order chi connectivity index (χ0) is 25.9. The lowest BCUT2D eigenvalue weighted by atomic mass is 10.1. The molecule has 0 aromatic rings. The normalized spacial score (nSPS) is 16.3. The van der Waals surface area contributed by atoms with E-state index in [4.69, 9.17) is 17.2 Å². The summed E-state index contributed by atoms with van der Waals surface area (Å²) in [5, 5.41) is 35.0. The Labute approximate surface area is 189 Å². The van der Waals surface area contributed by atoms with E-state index >= 15 is 0 Å². The standard InChI is InChI=1S/C18H32N6O9/c1-7(25)13(21)16(30)24-14(8(2)26)17(31)22-9(3-5-11(19)27)15(29)23-10(18(32)33)4-6-12(20)28/h7-10,13-14,25-26H,3-6,21H2,1-2H3,(H2,19,27)(H2,20,28)(H,22,31)(H,23,29)(H,24,30)(H,32,33). The first kappa shape index (κ1) is 29.7. The Hall–Kier alpha value is -3.30. The van der Waals surface area contributed by atoms with E-state index < -0.39 is 71.9 Å². The van der Waals surface area contributed by atoms with Crippen LogP contribution in [0.1, 0.15) is 39.5 Å². The van der Waals surface area contributed by atoms with Crippen LogP contribution in [0.25, 0.3) is 0 Å². The quantitative estimate of drug-likeness (QED) is 0.109. The van der Waals surface area contributed by atoms with Crippen LogP contribution in [0.15, 0.2) is 0 Å². The van der Waals surface area contributed by atoms with Crippen molar-refractivity contribution in [2.45, 2.75) is 75.9 Å². The maximum atomic E-state index is 12.6. The van der Waals surface area contributed by atoms with Crippen molar-refractivity contribution in [2.75, 3.05) is 0 Å². The van der Waals surface area contributed by atoms with Crippen LogP contribution in [0.2, 0.25) is 0 Å². The molecule has 0 aliphatic heterocycles. The Bertz CT molecular complexity index is 743. The van der Waals surface area contributed by atoms with Crippen LogP contribution in [-0.4, -0.2) is 87.2 Å². The second kappa shape index (κ2) is 14.0. The number of nitrogens with one attached hydrogen (secondary N) is 3. The summed E-state index contributed by atoms with van der Waals surface area (Å²) in [5.74, 6) is -6.09. The van der Waals surface area contributed by atoms with Crippen molar-refractivity contribution in [3.63, 3.8) is 0 Å². The van der Waals surface area contributed by atoms with E-state index in [1.54, 1.807) is 0 Å². The zero-order valence-electron chi connectivity index (χ0n) is 18.3. The fourth-order valence-corrected chi connectivity index (χ4v) is 2.51. The van der Waals surface area contributed by atoms with Gasteiger partial charge in [-0.25, -0.2) is 4.79 Å². The predicted octanol–water partition coefficient (Wildman–Crippen LogP) is -4.85. The molecule has 0 rings (SSSR count). The predicted molar refractivity (Wildman–Crippen MR) is 112 cm³/mol. The monoisotopic (exact) mass is 476 g/mol. The highest BCUT2D eigenvalue weighted by Crippen LogP contribution is 2.04. The van der Waals surface area contributed by atoms with Gasteiger partial charge in [-0.3, -0.25) is 24.0 Å². The number of aliphatic hydroxyl groups excluding tert-OH is 2. The van der Waals surface area contributed by atoms with Gasteiger partial charge in [-0.05, 0) is 26.7 Å². The third-order valence-corrected chi connectivity index (χ3v) is 4.49. The third-order valence-electron chi connectivity index (χ3n) is 4.49. The Morgan fingerprint density at radius 2 is 1.18 bits per heavy atom. The average Bonchev–Trinajstić information content (AvgIpc) is 2.69. The molecule has 0 aliphatic carbocycles. The van der Waals surface area contributed by atoms with Gasteiger partial charge in [0, 0.05) is 12.8 Å². The number of carboxylic acids is 1. The molecule has 0 radical (unpaired) electrons. The summed E-state index contributed by atoms with van der Waals surface area (Å²) in [5.41, 5.74) is 15.6. The summed E-state index contributed by atoms with van der Waals surface area (Å²) < 4.78 is 0. The van der Waals surface area contributed by atoms with E-state index in [-0.39, 0.29) is 25.7 Å². The largest absolute Gasteiger partial charge is 0.480 e. The van der Waals surface area contributed by atoms with Crippen LogP contribution in [-0.2, 0) is 28.8 Å². The number of carbonyl (C=O) groups is 6. The Morgan fingerprint density at radius 1 is 0.727 bits per heavy atom. The highest BCUT2D eigenvalue weighted by Gasteiger charge is 2.33. The minimum absolute atomic E-state index is 0.323. The van der Waals surface area contributed by atoms with Gasteiger partial charge in [0.05, 0.1) is 12.2 Å². The molecular weight excluding hydrogens is 444 g/mol. The maximum absolute atomic E-state index is 12.6. The number of aliphatic hydroxyl groups is 2. The van der Waals surface area contributed by atoms with Crippen molar-refractivity contribution >= 4 is 35.5 Å². The van der Waals surface area contributed by atoms with Gasteiger partial charge in [0.25, 0.3) is 0 Å². The van der Waals surface area contributed by atoms with E-state index in [1.165, 1.54) is 13.8 Å². The van der Waals surface area contributed by atoms with Crippen LogP contribution in [0.5, 0.6) is 0 Å². The lowest BCUT2D eigenvalue weighted by molar-refractivity contribution is -0.143. The number of carbonyl (C=O) groups excluding carboxylic acids is 5. The molecule has 6 atom stereocenters. The molecule has 15 nitrogen and oxygen atoms in total. The average molecular weight is 476 g/mol. The van der Waals surface area contributed by atoms with Gasteiger partial charge in [0.15, 0.2) is 0 Å². The molecule has 0 saturated carbocycles. The molecule has 0 aromatic heterocycles. The molecular formula is C18H32N6O9. The minimum Gasteiger partial charge on any atom is -0.480 e. The first-order chi connectivity index (χ1) is 15.2. The number of amides is 5. The number of hydrogen-bond acceptors (Lipinski definition) is 9. The summed E-state index contributed by atoms with van der Waals surface area (Å²) >= 11 is 0. The molecule has 0 saturated heterocycles. The Kier molecular flexibility index (Phi) is 12.6. The van der Waals surface area contributed by atoms with Gasteiger partial charge < -0.3 is 48.5 Å². The number of hydrogen-bond donors (Lipinski definition) is 9. The summed E-state index contributed by atoms with van der Waals surface area (Å²) in [7, 11) is 0. The number of rotatable bonds is 15. The van der Waals surface area contributed by atoms with Gasteiger partial charge >= 0.3 is 5.97 Å². The van der Waals surface area contributed by atoms with Crippen molar-refractivity contribution in [1.82, 2.24) is 16.0 Å². The number of carboxylic acid groups (broad SMARTS) is 1. The molecule has 0 heterocycles. The molecule has 33 heavy (non-hydrogen) atoms. The van der Waals surface area contributed by atoms with Crippen molar-refractivity contribution in [3.05, 3.63) is 0 Å². The van der Waals surface area contributed by atoms with Crippen molar-refractivity contribution in [1.29, 1.82) is 0 Å². The van der Waals surface area contributed by atoms with Gasteiger partial charge in [-0.15, -0.1) is 0 Å². The molecule has 0 fully saturated rings. The van der Waals surface area contributed by atoms with E-state index in [0.717, 1.165) is 0 Å². The molecule has 6 unspecified atom stereocenters. The summed E-state index contributed by atoms with van der Waals surface area (Å²) in [6.45, 7) is 2.41. The summed E-state index contributed by atoms with van der Waals surface area (Å²) in [6.07, 6.45) is -4.08. The van der Waals surface area contributed by atoms with Gasteiger partial charge in [0.1, 0.15) is 24.2 Å². The van der Waals surface area contributed by atoms with Gasteiger partial charge in [-0.1, -0.05) is 0 Å². The van der Waals surface area contributed by atoms with Crippen molar-refractivity contribution in [2.24, 2.45) is 17.2 Å². The van der Waals surface area contributed by atoms with Crippen LogP contribution < -0.4 is 33.2 Å². The molecule has 0 spiro atoms. The first-order valence-electron chi connectivity index (χ1n) is 9.99. The van der Waals surface area contributed by atoms with Crippen molar-refractivity contribution in [3.8, 4) is 0 Å². The molecule has 0 aromatic carbocycles. The SMILES string of the molecule is CC(O)C(N)C(=O)NC(C(=O)NC(CCC(N)=O)C(=O)NC(CCC(N)=O)C(=O)O)C(C)O. The molecule has 5 amide bonds. The Morgan fingerprint density at radius 3 is 1.58 bits per heavy atom. The number of aliphatic carboxylic acids is 1. The summed E-state index contributed by atoms with van der Waals surface area (Å²) in [6, 6.07) is -6.01. The number of nitrogens with two attached hydrogens (primary N) is 3. The van der Waals surface area contributed by atoms with Crippen LogP contribution in [0, 0.1) is 0 Å².